The lowest BCUT2D eigenvalue weighted by atomic mass is 10.2. The van der Waals surface area contributed by atoms with Gasteiger partial charge in [0.2, 0.25) is 0 Å². The second-order valence-corrected chi connectivity index (χ2v) is 5.93. The second kappa shape index (κ2) is 4.72. The number of aromatic nitrogens is 4. The molecule has 1 fully saturated rings. The number of ether oxygens (including phenoxy) is 2. The van der Waals surface area contributed by atoms with Gasteiger partial charge in [-0.3, -0.25) is 13.9 Å². The summed E-state index contributed by atoms with van der Waals surface area (Å²) in [5.74, 6) is -0.709. The molecule has 0 saturated carbocycles. The number of hydrogen-bond donors (Lipinski definition) is 0. The molecule has 0 N–H and O–H groups in total. The molecule has 3 heterocycles. The molecule has 8 heteroatoms. The second-order valence-electron chi connectivity index (χ2n) is 5.93. The summed E-state index contributed by atoms with van der Waals surface area (Å²) in [4.78, 5) is 32.7. The van der Waals surface area contributed by atoms with Crippen molar-refractivity contribution in [2.24, 2.45) is 14.1 Å². The van der Waals surface area contributed by atoms with E-state index >= 15 is 0 Å². The van der Waals surface area contributed by atoms with Gasteiger partial charge in [0, 0.05) is 14.1 Å². The van der Waals surface area contributed by atoms with E-state index in [0.717, 1.165) is 4.57 Å². The molecule has 8 nitrogen and oxygen atoms in total. The van der Waals surface area contributed by atoms with Crippen molar-refractivity contribution < 1.29 is 9.47 Å². The van der Waals surface area contributed by atoms with Crippen molar-refractivity contribution in [3.05, 3.63) is 32.7 Å². The van der Waals surface area contributed by atoms with Crippen LogP contribution in [0.15, 0.2) is 15.8 Å². The summed E-state index contributed by atoms with van der Waals surface area (Å²) in [5, 5.41) is 0. The molecule has 0 bridgehead atoms. The van der Waals surface area contributed by atoms with Crippen LogP contribution >= 0.6 is 0 Å². The number of hydrogen-bond acceptors (Lipinski definition) is 6. The summed E-state index contributed by atoms with van der Waals surface area (Å²) in [6, 6.07) is 0. The van der Waals surface area contributed by atoms with Gasteiger partial charge in [-0.15, -0.1) is 0 Å². The molecule has 118 valence electrons. The highest BCUT2D eigenvalue weighted by molar-refractivity contribution is 5.68. The van der Waals surface area contributed by atoms with Crippen LogP contribution in [-0.2, 0) is 23.6 Å². The molecular weight excluding hydrogens is 288 g/mol. The standard InChI is InChI=1S/C14H18N4O4/c1-7-10(22-14(2,3)21-7)8-6-15-9-11(16-8)17(4)13(20)18(5)12(9)19/h6-7,10H,1-5H3/t7-,10-/m1/s1. The third-order valence-electron chi connectivity index (χ3n) is 3.77. The Morgan fingerprint density at radius 3 is 2.45 bits per heavy atom. The number of aryl methyl sites for hydroxylation is 1. The summed E-state index contributed by atoms with van der Waals surface area (Å²) < 4.78 is 13.8. The highest BCUT2D eigenvalue weighted by atomic mass is 16.7. The first-order valence-electron chi connectivity index (χ1n) is 6.99. The van der Waals surface area contributed by atoms with Crippen LogP contribution in [0.5, 0.6) is 0 Å². The smallest absolute Gasteiger partial charge is 0.332 e. The summed E-state index contributed by atoms with van der Waals surface area (Å²) in [6.45, 7) is 5.53. The summed E-state index contributed by atoms with van der Waals surface area (Å²) in [6.07, 6.45) is 0.900. The number of nitrogens with zero attached hydrogens (tertiary/aromatic N) is 4. The molecule has 2 atom stereocenters. The molecule has 0 amide bonds. The Bertz CT molecular complexity index is 867. The van der Waals surface area contributed by atoms with Gasteiger partial charge >= 0.3 is 5.69 Å². The van der Waals surface area contributed by atoms with Crippen LogP contribution in [-0.4, -0.2) is 31.0 Å². The van der Waals surface area contributed by atoms with E-state index in [-0.39, 0.29) is 17.3 Å². The normalized spacial score (nSPS) is 24.0. The van der Waals surface area contributed by atoms with Gasteiger partial charge in [-0.2, -0.15) is 0 Å². The molecule has 3 rings (SSSR count). The minimum Gasteiger partial charge on any atom is -0.344 e. The molecular formula is C14H18N4O4. The third-order valence-corrected chi connectivity index (χ3v) is 3.77. The summed E-state index contributed by atoms with van der Waals surface area (Å²) >= 11 is 0. The average molecular weight is 306 g/mol. The topological polar surface area (TPSA) is 88.2 Å². The van der Waals surface area contributed by atoms with Crippen LogP contribution in [0.3, 0.4) is 0 Å². The fraction of sp³-hybridized carbons (Fsp3) is 0.571. The van der Waals surface area contributed by atoms with Gasteiger partial charge in [-0.1, -0.05) is 0 Å². The van der Waals surface area contributed by atoms with Gasteiger partial charge in [0.1, 0.15) is 6.10 Å². The maximum atomic E-state index is 12.1. The molecule has 0 unspecified atom stereocenters. The minimum absolute atomic E-state index is 0.152. The first-order chi connectivity index (χ1) is 10.2. The Morgan fingerprint density at radius 1 is 1.18 bits per heavy atom. The zero-order valence-electron chi connectivity index (χ0n) is 13.2. The summed E-state index contributed by atoms with van der Waals surface area (Å²) in [7, 11) is 2.97. The van der Waals surface area contributed by atoms with E-state index in [1.807, 2.05) is 20.8 Å². The van der Waals surface area contributed by atoms with Crippen LogP contribution in [0.1, 0.15) is 32.6 Å². The lowest BCUT2D eigenvalue weighted by molar-refractivity contribution is -0.145. The molecule has 1 aliphatic rings. The lowest BCUT2D eigenvalue weighted by Gasteiger charge is -2.16. The van der Waals surface area contributed by atoms with Gasteiger partial charge in [-0.05, 0) is 20.8 Å². The maximum Gasteiger partial charge on any atom is 0.332 e. The predicted octanol–water partition coefficient (Wildman–Crippen LogP) is 0.240. The fourth-order valence-corrected chi connectivity index (χ4v) is 2.72. The Morgan fingerprint density at radius 2 is 1.86 bits per heavy atom. The van der Waals surface area contributed by atoms with Crippen LogP contribution in [0.2, 0.25) is 0 Å². The van der Waals surface area contributed by atoms with E-state index < -0.39 is 23.1 Å². The van der Waals surface area contributed by atoms with Crippen molar-refractivity contribution >= 4 is 11.2 Å². The minimum atomic E-state index is -0.709. The van der Waals surface area contributed by atoms with E-state index in [1.54, 1.807) is 7.05 Å². The SMILES string of the molecule is C[C@H]1OC(C)(C)O[C@H]1c1cnc2c(=O)n(C)c(=O)n(C)c2n1. The zero-order chi connectivity index (χ0) is 16.2. The van der Waals surface area contributed by atoms with Gasteiger partial charge in [0.05, 0.1) is 18.0 Å². The number of rotatable bonds is 1. The zero-order valence-corrected chi connectivity index (χ0v) is 13.2. The summed E-state index contributed by atoms with van der Waals surface area (Å²) in [5.41, 5.74) is 0.0224. The van der Waals surface area contributed by atoms with Gasteiger partial charge < -0.3 is 9.47 Å². The predicted molar refractivity (Wildman–Crippen MR) is 78.5 cm³/mol. The molecule has 2 aromatic heterocycles. The molecule has 2 aromatic rings. The molecule has 0 radical (unpaired) electrons. The molecule has 0 aromatic carbocycles. The van der Waals surface area contributed by atoms with E-state index in [0.29, 0.717) is 5.69 Å². The quantitative estimate of drug-likeness (QED) is 0.750. The fourth-order valence-electron chi connectivity index (χ4n) is 2.72. The van der Waals surface area contributed by atoms with Crippen molar-refractivity contribution in [2.45, 2.75) is 38.8 Å². The van der Waals surface area contributed by atoms with Crippen molar-refractivity contribution in [1.82, 2.24) is 19.1 Å². The van der Waals surface area contributed by atoms with Crippen LogP contribution < -0.4 is 11.2 Å². The van der Waals surface area contributed by atoms with E-state index in [2.05, 4.69) is 9.97 Å². The van der Waals surface area contributed by atoms with Gasteiger partial charge in [0.15, 0.2) is 17.0 Å². The maximum absolute atomic E-state index is 12.1. The van der Waals surface area contributed by atoms with Crippen molar-refractivity contribution in [1.29, 1.82) is 0 Å². The lowest BCUT2D eigenvalue weighted by Crippen LogP contribution is -2.38. The van der Waals surface area contributed by atoms with E-state index in [1.165, 1.54) is 17.8 Å². The van der Waals surface area contributed by atoms with Crippen LogP contribution in [0.25, 0.3) is 11.2 Å². The van der Waals surface area contributed by atoms with E-state index in [4.69, 9.17) is 9.47 Å². The average Bonchev–Trinajstić information content (AvgIpc) is 2.75. The van der Waals surface area contributed by atoms with Crippen molar-refractivity contribution in [3.63, 3.8) is 0 Å². The Kier molecular flexibility index (Phi) is 3.19. The van der Waals surface area contributed by atoms with Gasteiger partial charge in [-0.25, -0.2) is 14.8 Å². The largest absolute Gasteiger partial charge is 0.344 e. The Balaban J connectivity index is 2.19. The van der Waals surface area contributed by atoms with E-state index in [9.17, 15) is 9.59 Å². The molecule has 1 aliphatic heterocycles. The number of fused-ring (bicyclic) bond motifs is 1. The molecule has 0 spiro atoms. The highest BCUT2D eigenvalue weighted by Gasteiger charge is 2.40. The first kappa shape index (κ1) is 14.9. The van der Waals surface area contributed by atoms with Crippen molar-refractivity contribution in [3.8, 4) is 0 Å². The Labute approximate surface area is 126 Å². The molecule has 0 aliphatic carbocycles. The first-order valence-corrected chi connectivity index (χ1v) is 6.99. The third kappa shape index (κ3) is 2.15. The van der Waals surface area contributed by atoms with Crippen LogP contribution in [0.4, 0.5) is 0 Å². The Hall–Kier alpha value is -2.06. The van der Waals surface area contributed by atoms with Crippen molar-refractivity contribution in [2.75, 3.05) is 0 Å². The molecule has 1 saturated heterocycles. The van der Waals surface area contributed by atoms with Gasteiger partial charge in [0.25, 0.3) is 5.56 Å². The molecule has 22 heavy (non-hydrogen) atoms. The highest BCUT2D eigenvalue weighted by Crippen LogP contribution is 2.37. The van der Waals surface area contributed by atoms with Crippen LogP contribution in [0, 0.1) is 0 Å². The monoisotopic (exact) mass is 306 g/mol.